The van der Waals surface area contributed by atoms with Gasteiger partial charge in [0.1, 0.15) is 0 Å². The number of carbonyl (C=O) groups is 2. The molecule has 1 aromatic carbocycles. The van der Waals surface area contributed by atoms with E-state index < -0.39 is 15.8 Å². The SMILES string of the molecule is CN(C)C(=O)c1ccc(-c2ccc([As]c3cncc(NC(=O)CC#N)c3)nc2)cc1. The molecular formula is C22H19AsN5O2. The van der Waals surface area contributed by atoms with E-state index >= 15 is 0 Å². The molecule has 0 saturated carbocycles. The van der Waals surface area contributed by atoms with Crippen molar-refractivity contribution in [3.05, 3.63) is 66.6 Å². The molecule has 0 saturated heterocycles. The maximum absolute atomic E-state index is 12.0. The molecule has 2 aromatic heterocycles. The number of hydrogen-bond donors (Lipinski definition) is 1. The molecule has 0 unspecified atom stereocenters. The number of rotatable bonds is 6. The maximum atomic E-state index is 12.0. The van der Waals surface area contributed by atoms with Gasteiger partial charge in [-0.1, -0.05) is 0 Å². The number of anilines is 1. The first kappa shape index (κ1) is 21.2. The van der Waals surface area contributed by atoms with Crippen LogP contribution in [0.2, 0.25) is 0 Å². The van der Waals surface area contributed by atoms with Gasteiger partial charge in [-0.05, 0) is 0 Å². The summed E-state index contributed by atoms with van der Waals surface area (Å²) in [4.78, 5) is 33.8. The molecule has 8 heteroatoms. The van der Waals surface area contributed by atoms with Crippen LogP contribution in [0, 0.1) is 11.3 Å². The Morgan fingerprint density at radius 1 is 1.07 bits per heavy atom. The molecule has 1 N–H and O–H groups in total. The molecule has 0 spiro atoms. The second-order valence-electron chi connectivity index (χ2n) is 6.61. The van der Waals surface area contributed by atoms with Gasteiger partial charge in [0.15, 0.2) is 0 Å². The molecule has 0 aliphatic heterocycles. The number of nitrogens with zero attached hydrogens (tertiary/aromatic N) is 4. The first-order valence-electron chi connectivity index (χ1n) is 9.08. The number of nitriles is 1. The Morgan fingerprint density at radius 2 is 1.80 bits per heavy atom. The molecule has 2 amide bonds. The monoisotopic (exact) mass is 460 g/mol. The van der Waals surface area contributed by atoms with Crippen molar-refractivity contribution in [2.24, 2.45) is 0 Å². The summed E-state index contributed by atoms with van der Waals surface area (Å²) in [6.07, 6.45) is 4.95. The quantitative estimate of drug-likeness (QED) is 0.560. The fraction of sp³-hybridized carbons (Fsp3) is 0.136. The van der Waals surface area contributed by atoms with Gasteiger partial charge in [0.05, 0.1) is 0 Å². The Kier molecular flexibility index (Phi) is 6.94. The first-order valence-corrected chi connectivity index (χ1v) is 11.0. The Labute approximate surface area is 181 Å². The number of benzene rings is 1. The summed E-state index contributed by atoms with van der Waals surface area (Å²) in [5.74, 6) is -0.382. The third kappa shape index (κ3) is 5.53. The number of pyridine rings is 2. The summed E-state index contributed by atoms with van der Waals surface area (Å²) in [5, 5.41) is 11.2. The van der Waals surface area contributed by atoms with Crippen LogP contribution in [0.4, 0.5) is 5.69 Å². The third-order valence-electron chi connectivity index (χ3n) is 4.11. The average Bonchev–Trinajstić information content (AvgIpc) is 2.74. The van der Waals surface area contributed by atoms with Crippen molar-refractivity contribution in [3.63, 3.8) is 0 Å². The van der Waals surface area contributed by atoms with E-state index in [1.165, 1.54) is 0 Å². The van der Waals surface area contributed by atoms with Crippen molar-refractivity contribution in [1.82, 2.24) is 14.9 Å². The molecule has 0 atom stereocenters. The van der Waals surface area contributed by atoms with Crippen LogP contribution in [-0.2, 0) is 4.79 Å². The summed E-state index contributed by atoms with van der Waals surface area (Å²) in [6.45, 7) is 0. The molecule has 2 heterocycles. The minimum absolute atomic E-state index is 0.0290. The summed E-state index contributed by atoms with van der Waals surface area (Å²) in [6, 6.07) is 15.1. The Hall–Kier alpha value is -3.49. The molecule has 0 aliphatic carbocycles. The van der Waals surface area contributed by atoms with Gasteiger partial charge in [-0.3, -0.25) is 0 Å². The van der Waals surface area contributed by atoms with E-state index in [0.717, 1.165) is 20.0 Å². The third-order valence-corrected chi connectivity index (χ3v) is 6.20. The number of amides is 2. The van der Waals surface area contributed by atoms with Crippen LogP contribution >= 0.6 is 0 Å². The molecule has 0 fully saturated rings. The van der Waals surface area contributed by atoms with Crippen molar-refractivity contribution < 1.29 is 9.59 Å². The van der Waals surface area contributed by atoms with Crippen LogP contribution < -0.4 is 14.1 Å². The molecule has 7 nitrogen and oxygen atoms in total. The molecule has 0 aliphatic rings. The first-order chi connectivity index (χ1) is 14.5. The second-order valence-corrected chi connectivity index (χ2v) is 9.12. The summed E-state index contributed by atoms with van der Waals surface area (Å²) >= 11 is -0.400. The van der Waals surface area contributed by atoms with Crippen LogP contribution in [0.25, 0.3) is 11.1 Å². The summed E-state index contributed by atoms with van der Waals surface area (Å²) < 4.78 is 1.95. The van der Waals surface area contributed by atoms with Gasteiger partial charge in [0.2, 0.25) is 0 Å². The van der Waals surface area contributed by atoms with E-state index in [9.17, 15) is 9.59 Å². The van der Waals surface area contributed by atoms with Crippen molar-refractivity contribution >= 4 is 42.1 Å². The van der Waals surface area contributed by atoms with Gasteiger partial charge in [-0.2, -0.15) is 0 Å². The van der Waals surface area contributed by atoms with E-state index in [1.54, 1.807) is 31.4 Å². The van der Waals surface area contributed by atoms with Crippen LogP contribution in [-0.4, -0.2) is 56.5 Å². The average molecular weight is 460 g/mol. The molecule has 3 aromatic rings. The molecule has 1 radical (unpaired) electrons. The van der Waals surface area contributed by atoms with Crippen molar-refractivity contribution in [1.29, 1.82) is 5.26 Å². The zero-order valence-electron chi connectivity index (χ0n) is 16.5. The van der Waals surface area contributed by atoms with Gasteiger partial charge in [0.25, 0.3) is 0 Å². The van der Waals surface area contributed by atoms with Gasteiger partial charge in [-0.25, -0.2) is 0 Å². The number of nitrogens with one attached hydrogen (secondary N) is 1. The zero-order chi connectivity index (χ0) is 21.5. The Bertz CT molecular complexity index is 1090. The van der Waals surface area contributed by atoms with Crippen LogP contribution in [0.1, 0.15) is 16.8 Å². The standard InChI is InChI=1S/C22H19AsN5O2/c1-28(2)22(30)16-5-3-15(4-6-16)17-7-8-20(26-12-17)23-18-11-19(14-25-13-18)27-21(29)9-10-24/h3-8,11-14H,9H2,1-2H3,(H,27,29). The molecule has 0 bridgehead atoms. The van der Waals surface area contributed by atoms with Crippen molar-refractivity contribution in [2.45, 2.75) is 6.42 Å². The molecule has 149 valence electrons. The van der Waals surface area contributed by atoms with E-state index in [0.29, 0.717) is 11.3 Å². The number of carbonyl (C=O) groups excluding carboxylic acids is 2. The van der Waals surface area contributed by atoms with Gasteiger partial charge < -0.3 is 0 Å². The molecule has 3 rings (SSSR count). The van der Waals surface area contributed by atoms with E-state index in [-0.39, 0.29) is 18.2 Å². The van der Waals surface area contributed by atoms with Gasteiger partial charge in [-0.15, -0.1) is 0 Å². The summed E-state index contributed by atoms with van der Waals surface area (Å²) in [7, 11) is 3.46. The number of aromatic nitrogens is 2. The van der Waals surface area contributed by atoms with Crippen LogP contribution in [0.15, 0.2) is 61.1 Å². The topological polar surface area (TPSA) is 99.0 Å². The van der Waals surface area contributed by atoms with Gasteiger partial charge >= 0.3 is 181 Å². The van der Waals surface area contributed by atoms with Crippen LogP contribution in [0.3, 0.4) is 0 Å². The predicted molar refractivity (Wildman–Crippen MR) is 116 cm³/mol. The Balaban J connectivity index is 1.68. The van der Waals surface area contributed by atoms with E-state index in [1.807, 2.05) is 54.7 Å². The number of hydrogen-bond acceptors (Lipinski definition) is 5. The molecular weight excluding hydrogens is 441 g/mol. The van der Waals surface area contributed by atoms with Crippen LogP contribution in [0.5, 0.6) is 0 Å². The summed E-state index contributed by atoms with van der Waals surface area (Å²) in [5.41, 5.74) is 3.18. The minimum atomic E-state index is -0.400. The fourth-order valence-electron chi connectivity index (χ4n) is 2.65. The zero-order valence-corrected chi connectivity index (χ0v) is 18.4. The van der Waals surface area contributed by atoms with Crippen molar-refractivity contribution in [3.8, 4) is 17.2 Å². The Morgan fingerprint density at radius 3 is 2.43 bits per heavy atom. The van der Waals surface area contributed by atoms with Gasteiger partial charge in [0, 0.05) is 0 Å². The molecule has 30 heavy (non-hydrogen) atoms. The van der Waals surface area contributed by atoms with E-state index in [4.69, 9.17) is 5.26 Å². The van der Waals surface area contributed by atoms with Crippen molar-refractivity contribution in [2.75, 3.05) is 19.4 Å². The second kappa shape index (κ2) is 9.82. The van der Waals surface area contributed by atoms with E-state index in [2.05, 4.69) is 15.3 Å². The normalized spacial score (nSPS) is 10.6. The predicted octanol–water partition coefficient (Wildman–Crippen LogP) is 1.35. The fourth-order valence-corrected chi connectivity index (χ4v) is 4.45.